The zero-order valence-electron chi connectivity index (χ0n) is 12.4. The minimum Gasteiger partial charge on any atom is -0.391 e. The number of nitrogens with two attached hydrogens (primary N) is 1. The van der Waals surface area contributed by atoms with Crippen molar-refractivity contribution in [3.05, 3.63) is 29.8 Å². The number of benzene rings is 1. The number of thiocarbonyl (C=S) groups is 1. The van der Waals surface area contributed by atoms with E-state index in [9.17, 15) is 4.79 Å². The number of aryl methyl sites for hydroxylation is 1. The lowest BCUT2D eigenvalue weighted by atomic mass is 9.90. The topological polar surface area (TPSA) is 67.2 Å². The molecule has 4 N–H and O–H groups in total. The average molecular weight is 305 g/mol. The van der Waals surface area contributed by atoms with Crippen molar-refractivity contribution < 1.29 is 4.79 Å². The number of carbonyl (C=O) groups is 1. The number of urea groups is 1. The van der Waals surface area contributed by atoms with E-state index in [1.54, 1.807) is 0 Å². The van der Waals surface area contributed by atoms with Crippen molar-refractivity contribution in [2.24, 2.45) is 5.73 Å². The monoisotopic (exact) mass is 305 g/mol. The molecule has 0 aliphatic heterocycles. The van der Waals surface area contributed by atoms with Crippen LogP contribution in [0.4, 0.5) is 10.5 Å². The molecule has 0 radical (unpaired) electrons. The number of nitrogens with one attached hydrogen (secondary N) is 2. The van der Waals surface area contributed by atoms with Gasteiger partial charge in [-0.1, -0.05) is 55.6 Å². The number of hydrogen-bond acceptors (Lipinski definition) is 2. The summed E-state index contributed by atoms with van der Waals surface area (Å²) in [7, 11) is 0. The van der Waals surface area contributed by atoms with Gasteiger partial charge in [-0.2, -0.15) is 0 Å². The second-order valence-corrected chi connectivity index (χ2v) is 6.25. The van der Waals surface area contributed by atoms with Crippen molar-refractivity contribution in [2.45, 2.75) is 51.0 Å². The van der Waals surface area contributed by atoms with Crippen LogP contribution in [0.25, 0.3) is 0 Å². The Morgan fingerprint density at radius 3 is 2.24 bits per heavy atom. The molecule has 2 rings (SSSR count). The van der Waals surface area contributed by atoms with Crippen LogP contribution in [0.15, 0.2) is 24.3 Å². The largest absolute Gasteiger partial charge is 0.391 e. The van der Waals surface area contributed by atoms with Crippen LogP contribution < -0.4 is 16.4 Å². The lowest BCUT2D eigenvalue weighted by Crippen LogP contribution is -2.57. The van der Waals surface area contributed by atoms with Crippen molar-refractivity contribution in [3.63, 3.8) is 0 Å². The maximum Gasteiger partial charge on any atom is 0.320 e. The van der Waals surface area contributed by atoms with Gasteiger partial charge >= 0.3 is 6.03 Å². The van der Waals surface area contributed by atoms with Crippen LogP contribution in [0.2, 0.25) is 0 Å². The van der Waals surface area contributed by atoms with E-state index in [1.165, 1.54) is 12.8 Å². The molecule has 114 valence electrons. The van der Waals surface area contributed by atoms with E-state index in [0.29, 0.717) is 4.99 Å². The molecule has 0 heterocycles. The Morgan fingerprint density at radius 1 is 1.14 bits per heavy atom. The molecule has 0 bridgehead atoms. The minimum absolute atomic E-state index is 0.242. The normalized spacial score (nSPS) is 17.6. The molecular formula is C16H23N3OS. The molecule has 1 saturated carbocycles. The van der Waals surface area contributed by atoms with Gasteiger partial charge in [0.15, 0.2) is 0 Å². The van der Waals surface area contributed by atoms with E-state index in [0.717, 1.165) is 36.9 Å². The van der Waals surface area contributed by atoms with Crippen molar-refractivity contribution in [2.75, 3.05) is 5.32 Å². The Balaban J connectivity index is 2.04. The summed E-state index contributed by atoms with van der Waals surface area (Å²) in [4.78, 5) is 12.6. The molecule has 1 aliphatic carbocycles. The summed E-state index contributed by atoms with van der Waals surface area (Å²) in [5.74, 6) is 0. The van der Waals surface area contributed by atoms with E-state index in [4.69, 9.17) is 18.0 Å². The lowest BCUT2D eigenvalue weighted by molar-refractivity contribution is 0.242. The number of hydrogen-bond donors (Lipinski definition) is 3. The van der Waals surface area contributed by atoms with Gasteiger partial charge in [0.1, 0.15) is 0 Å². The summed E-state index contributed by atoms with van der Waals surface area (Å²) in [6.07, 6.45) is 6.08. The van der Waals surface area contributed by atoms with Crippen LogP contribution in [0.1, 0.15) is 44.1 Å². The third kappa shape index (κ3) is 4.17. The Bertz CT molecular complexity index is 505. The van der Waals surface area contributed by atoms with Crippen LogP contribution in [0.3, 0.4) is 0 Å². The highest BCUT2D eigenvalue weighted by atomic mass is 32.1. The Labute approximate surface area is 131 Å². The van der Waals surface area contributed by atoms with Crippen LogP contribution in [-0.2, 0) is 0 Å². The zero-order chi connectivity index (χ0) is 15.3. The van der Waals surface area contributed by atoms with Crippen LogP contribution in [-0.4, -0.2) is 16.6 Å². The molecular weight excluding hydrogens is 282 g/mol. The molecule has 0 aromatic heterocycles. The zero-order valence-corrected chi connectivity index (χ0v) is 13.3. The van der Waals surface area contributed by atoms with E-state index >= 15 is 0 Å². The molecule has 0 spiro atoms. The summed E-state index contributed by atoms with van der Waals surface area (Å²) >= 11 is 5.22. The second kappa shape index (κ2) is 6.89. The van der Waals surface area contributed by atoms with Gasteiger partial charge in [0.05, 0.1) is 10.5 Å². The van der Waals surface area contributed by atoms with E-state index < -0.39 is 5.54 Å². The smallest absolute Gasteiger partial charge is 0.320 e. The lowest BCUT2D eigenvalue weighted by Gasteiger charge is -2.32. The van der Waals surface area contributed by atoms with Gasteiger partial charge in [0, 0.05) is 5.69 Å². The van der Waals surface area contributed by atoms with Gasteiger partial charge in [0.25, 0.3) is 0 Å². The van der Waals surface area contributed by atoms with Crippen molar-refractivity contribution >= 4 is 28.9 Å². The number of amides is 2. The summed E-state index contributed by atoms with van der Waals surface area (Å²) in [5.41, 5.74) is 7.31. The summed E-state index contributed by atoms with van der Waals surface area (Å²) in [6.45, 7) is 2.01. The van der Waals surface area contributed by atoms with Crippen molar-refractivity contribution in [1.82, 2.24) is 5.32 Å². The molecule has 2 amide bonds. The third-order valence-corrected chi connectivity index (χ3v) is 4.48. The first-order valence-electron chi connectivity index (χ1n) is 7.48. The standard InChI is InChI=1S/C16H23N3OS/c1-12-6-8-13(9-7-12)18-15(20)19-16(14(17)21)10-4-2-3-5-11-16/h6-9H,2-5,10-11H2,1H3,(H2,17,21)(H2,18,19,20). The maximum absolute atomic E-state index is 12.3. The fourth-order valence-electron chi connectivity index (χ4n) is 2.78. The quantitative estimate of drug-likeness (QED) is 0.591. The van der Waals surface area contributed by atoms with Gasteiger partial charge in [-0.15, -0.1) is 0 Å². The molecule has 21 heavy (non-hydrogen) atoms. The number of anilines is 1. The average Bonchev–Trinajstić information content (AvgIpc) is 2.68. The highest BCUT2D eigenvalue weighted by Gasteiger charge is 2.35. The Hall–Kier alpha value is -1.62. The van der Waals surface area contributed by atoms with E-state index in [1.807, 2.05) is 31.2 Å². The van der Waals surface area contributed by atoms with E-state index in [2.05, 4.69) is 10.6 Å². The van der Waals surface area contributed by atoms with Crippen LogP contribution in [0.5, 0.6) is 0 Å². The summed E-state index contributed by atoms with van der Waals surface area (Å²) < 4.78 is 0. The van der Waals surface area contributed by atoms with Gasteiger partial charge in [-0.3, -0.25) is 0 Å². The van der Waals surface area contributed by atoms with Crippen LogP contribution in [0, 0.1) is 6.92 Å². The predicted molar refractivity (Wildman–Crippen MR) is 90.6 cm³/mol. The maximum atomic E-state index is 12.3. The van der Waals surface area contributed by atoms with Gasteiger partial charge in [-0.05, 0) is 31.9 Å². The first-order chi connectivity index (χ1) is 10.0. The molecule has 0 unspecified atom stereocenters. The number of carbonyl (C=O) groups excluding carboxylic acids is 1. The fourth-order valence-corrected chi connectivity index (χ4v) is 3.04. The van der Waals surface area contributed by atoms with E-state index in [-0.39, 0.29) is 6.03 Å². The molecule has 0 saturated heterocycles. The van der Waals surface area contributed by atoms with Gasteiger partial charge in [0.2, 0.25) is 0 Å². The fraction of sp³-hybridized carbons (Fsp3) is 0.500. The molecule has 1 aliphatic rings. The molecule has 1 fully saturated rings. The predicted octanol–water partition coefficient (Wildman–Crippen LogP) is 3.50. The molecule has 0 atom stereocenters. The molecule has 1 aromatic carbocycles. The molecule has 1 aromatic rings. The molecule has 4 nitrogen and oxygen atoms in total. The first-order valence-corrected chi connectivity index (χ1v) is 7.88. The summed E-state index contributed by atoms with van der Waals surface area (Å²) in [5, 5.41) is 5.87. The minimum atomic E-state index is -0.541. The molecule has 5 heteroatoms. The number of rotatable bonds is 3. The Morgan fingerprint density at radius 2 is 1.71 bits per heavy atom. The Kier molecular flexibility index (Phi) is 5.17. The third-order valence-electron chi connectivity index (χ3n) is 4.09. The van der Waals surface area contributed by atoms with Gasteiger partial charge < -0.3 is 16.4 Å². The van der Waals surface area contributed by atoms with Crippen molar-refractivity contribution in [1.29, 1.82) is 0 Å². The van der Waals surface area contributed by atoms with Crippen molar-refractivity contribution in [3.8, 4) is 0 Å². The highest BCUT2D eigenvalue weighted by molar-refractivity contribution is 7.80. The van der Waals surface area contributed by atoms with Crippen LogP contribution >= 0.6 is 12.2 Å². The SMILES string of the molecule is Cc1ccc(NC(=O)NC2(C(N)=S)CCCCCC2)cc1. The van der Waals surface area contributed by atoms with Gasteiger partial charge in [-0.25, -0.2) is 4.79 Å². The first kappa shape index (κ1) is 15.8. The second-order valence-electron chi connectivity index (χ2n) is 5.81. The summed E-state index contributed by atoms with van der Waals surface area (Å²) in [6, 6.07) is 7.45. The highest BCUT2D eigenvalue weighted by Crippen LogP contribution is 2.27.